The Hall–Kier alpha value is -6.22. The predicted octanol–water partition coefficient (Wildman–Crippen LogP) is 12.4. The van der Waals surface area contributed by atoms with Gasteiger partial charge in [-0.15, -0.1) is 0 Å². The molecule has 7 unspecified atom stereocenters. The van der Waals surface area contributed by atoms with E-state index >= 15 is 0 Å². The van der Waals surface area contributed by atoms with Crippen LogP contribution in [0.15, 0.2) is 224 Å². The van der Waals surface area contributed by atoms with E-state index in [-0.39, 0.29) is 12.0 Å². The third kappa shape index (κ3) is 5.67. The van der Waals surface area contributed by atoms with Crippen molar-refractivity contribution in [2.24, 2.45) is 11.8 Å². The van der Waals surface area contributed by atoms with E-state index in [0.717, 1.165) is 6.42 Å². The number of anilines is 2. The summed E-state index contributed by atoms with van der Waals surface area (Å²) in [5, 5.41) is 0. The van der Waals surface area contributed by atoms with Gasteiger partial charge in [-0.25, -0.2) is 0 Å². The molecule has 0 amide bonds. The number of hydrogen-bond donors (Lipinski definition) is 0. The Morgan fingerprint density at radius 3 is 1.79 bits per heavy atom. The van der Waals surface area contributed by atoms with Gasteiger partial charge in [0.25, 0.3) is 0 Å². The molecule has 1 saturated heterocycles. The van der Waals surface area contributed by atoms with Crippen LogP contribution in [0, 0.1) is 11.8 Å². The second-order valence-corrected chi connectivity index (χ2v) is 16.0. The Balaban J connectivity index is 0.989. The molecule has 2 aliphatic heterocycles. The average molecular weight is 721 g/mol. The van der Waals surface area contributed by atoms with E-state index in [0.29, 0.717) is 30.0 Å². The Morgan fingerprint density at radius 2 is 1.05 bits per heavy atom. The molecule has 56 heavy (non-hydrogen) atoms. The van der Waals surface area contributed by atoms with Gasteiger partial charge in [-0.3, -0.25) is 4.90 Å². The summed E-state index contributed by atoms with van der Waals surface area (Å²) in [5.74, 6) is 1.18. The Kier molecular flexibility index (Phi) is 8.18. The summed E-state index contributed by atoms with van der Waals surface area (Å²) in [7, 11) is 0. The van der Waals surface area contributed by atoms with Crippen LogP contribution in [0.4, 0.5) is 11.4 Å². The SMILES string of the molecule is C1=CC2C3C=CC(C4=CC5C(C=C4)c4ccccc4N5c4cc(-c5ccccc5)cc(-c5ccccc5)c4)=CC3N(C3C=C(c4ccccc4)C=CC3)C2C=C1. The van der Waals surface area contributed by atoms with E-state index in [1.165, 1.54) is 61.5 Å². The van der Waals surface area contributed by atoms with Gasteiger partial charge >= 0.3 is 0 Å². The lowest BCUT2D eigenvalue weighted by atomic mass is 9.79. The number of para-hydroxylation sites is 1. The van der Waals surface area contributed by atoms with Gasteiger partial charge in [0.2, 0.25) is 0 Å². The van der Waals surface area contributed by atoms with Crippen LogP contribution in [0.5, 0.6) is 0 Å². The van der Waals surface area contributed by atoms with Crippen molar-refractivity contribution in [3.05, 3.63) is 235 Å². The van der Waals surface area contributed by atoms with Gasteiger partial charge < -0.3 is 4.90 Å². The number of likely N-dealkylation sites (tertiary alicyclic amines) is 1. The first-order valence-corrected chi connectivity index (χ1v) is 20.3. The van der Waals surface area contributed by atoms with Gasteiger partial charge in [-0.2, -0.15) is 0 Å². The molecule has 6 aliphatic rings. The summed E-state index contributed by atoms with van der Waals surface area (Å²) in [5.41, 5.74) is 14.1. The molecule has 0 aromatic heterocycles. The maximum atomic E-state index is 2.82. The van der Waals surface area contributed by atoms with Gasteiger partial charge in [0.15, 0.2) is 0 Å². The number of benzene rings is 5. The third-order valence-corrected chi connectivity index (χ3v) is 12.9. The minimum atomic E-state index is 0.155. The molecule has 2 nitrogen and oxygen atoms in total. The highest BCUT2D eigenvalue weighted by atomic mass is 15.2. The Labute approximate surface area is 330 Å². The molecule has 11 rings (SSSR count). The fourth-order valence-electron chi connectivity index (χ4n) is 10.3. The van der Waals surface area contributed by atoms with E-state index in [2.05, 4.69) is 222 Å². The van der Waals surface area contributed by atoms with Crippen molar-refractivity contribution >= 4 is 16.9 Å². The van der Waals surface area contributed by atoms with E-state index < -0.39 is 0 Å². The molecule has 0 N–H and O–H groups in total. The number of hydrogen-bond acceptors (Lipinski definition) is 2. The zero-order valence-corrected chi connectivity index (χ0v) is 31.4. The highest BCUT2D eigenvalue weighted by molar-refractivity contribution is 5.84. The first kappa shape index (κ1) is 33.1. The summed E-state index contributed by atoms with van der Waals surface area (Å²) in [6.45, 7) is 0. The van der Waals surface area contributed by atoms with Gasteiger partial charge in [-0.05, 0) is 80.8 Å². The third-order valence-electron chi connectivity index (χ3n) is 12.9. The molecule has 0 saturated carbocycles. The summed E-state index contributed by atoms with van der Waals surface area (Å²) in [6.07, 6.45) is 32.7. The largest absolute Gasteiger partial charge is 0.333 e. The topological polar surface area (TPSA) is 6.48 Å². The standard InChI is InChI=1S/C54H44N2/c1-4-15-37(16-5-1)40-21-14-22-45(32-40)55-51-25-12-10-23-47(51)49-29-27-41(35-53(49)55)42-28-30-50-48-24-11-13-26-52(48)56(54(50)36-42)46-33-43(38-17-6-2-7-18-38)31-44(34-46)39-19-8-3-9-20-39/h1-21,23-36,45,47,49-51,53-54H,22H2. The average Bonchev–Trinajstić information content (AvgIpc) is 3.79. The number of fused-ring (bicyclic) bond motifs is 6. The van der Waals surface area contributed by atoms with Crippen LogP contribution in [-0.4, -0.2) is 29.1 Å². The summed E-state index contributed by atoms with van der Waals surface area (Å²) >= 11 is 0. The molecule has 5 aromatic rings. The van der Waals surface area contributed by atoms with E-state index in [9.17, 15) is 0 Å². The lowest BCUT2D eigenvalue weighted by Crippen LogP contribution is -2.44. The molecular weight excluding hydrogens is 677 g/mol. The van der Waals surface area contributed by atoms with Crippen molar-refractivity contribution in [2.75, 3.05) is 4.90 Å². The predicted molar refractivity (Wildman–Crippen MR) is 234 cm³/mol. The lowest BCUT2D eigenvalue weighted by Gasteiger charge is -2.37. The summed E-state index contributed by atoms with van der Waals surface area (Å²) in [4.78, 5) is 5.42. The number of allylic oxidation sites excluding steroid dienone is 8. The van der Waals surface area contributed by atoms with Gasteiger partial charge in [0, 0.05) is 47.3 Å². The normalized spacial score (nSPS) is 26.9. The lowest BCUT2D eigenvalue weighted by molar-refractivity contribution is 0.193. The molecule has 2 heterocycles. The molecule has 0 spiro atoms. The second kappa shape index (κ2) is 13.8. The van der Waals surface area contributed by atoms with Crippen LogP contribution in [0.25, 0.3) is 27.8 Å². The molecule has 4 aliphatic carbocycles. The highest BCUT2D eigenvalue weighted by Crippen LogP contribution is 2.51. The fourth-order valence-corrected chi connectivity index (χ4v) is 10.3. The first-order valence-electron chi connectivity index (χ1n) is 20.3. The van der Waals surface area contributed by atoms with Crippen LogP contribution in [0.3, 0.4) is 0 Å². The molecule has 1 fully saturated rings. The Morgan fingerprint density at radius 1 is 0.446 bits per heavy atom. The van der Waals surface area contributed by atoms with Crippen molar-refractivity contribution in [1.82, 2.24) is 4.90 Å². The first-order chi connectivity index (χ1) is 27.8. The van der Waals surface area contributed by atoms with Crippen LogP contribution >= 0.6 is 0 Å². The van der Waals surface area contributed by atoms with Crippen molar-refractivity contribution in [1.29, 1.82) is 0 Å². The Bertz CT molecular complexity index is 2490. The van der Waals surface area contributed by atoms with Gasteiger partial charge in [0.05, 0.1) is 6.04 Å². The summed E-state index contributed by atoms with van der Waals surface area (Å²) in [6, 6.07) is 49.8. The van der Waals surface area contributed by atoms with Crippen molar-refractivity contribution < 1.29 is 0 Å². The number of nitrogens with zero attached hydrogens (tertiary/aromatic N) is 2. The molecule has 5 aromatic carbocycles. The minimum absolute atomic E-state index is 0.155. The molecule has 270 valence electrons. The van der Waals surface area contributed by atoms with E-state index in [4.69, 9.17) is 0 Å². The van der Waals surface area contributed by atoms with Crippen LogP contribution in [0.2, 0.25) is 0 Å². The van der Waals surface area contributed by atoms with E-state index in [1.807, 2.05) is 0 Å². The van der Waals surface area contributed by atoms with Gasteiger partial charge in [0.1, 0.15) is 0 Å². The highest BCUT2D eigenvalue weighted by Gasteiger charge is 2.48. The minimum Gasteiger partial charge on any atom is -0.333 e. The monoisotopic (exact) mass is 720 g/mol. The molecule has 0 radical (unpaired) electrons. The van der Waals surface area contributed by atoms with Crippen LogP contribution < -0.4 is 4.90 Å². The zero-order chi connectivity index (χ0) is 37.0. The smallest absolute Gasteiger partial charge is 0.0635 e. The maximum Gasteiger partial charge on any atom is 0.0635 e. The second-order valence-electron chi connectivity index (χ2n) is 16.0. The van der Waals surface area contributed by atoms with Crippen LogP contribution in [-0.2, 0) is 0 Å². The molecular formula is C54H44N2. The van der Waals surface area contributed by atoms with Crippen LogP contribution in [0.1, 0.15) is 23.5 Å². The van der Waals surface area contributed by atoms with Crippen molar-refractivity contribution in [3.8, 4) is 22.3 Å². The van der Waals surface area contributed by atoms with E-state index in [1.54, 1.807) is 0 Å². The molecule has 7 atom stereocenters. The maximum absolute atomic E-state index is 2.82. The quantitative estimate of drug-likeness (QED) is 0.172. The van der Waals surface area contributed by atoms with Gasteiger partial charge in [-0.1, -0.05) is 188 Å². The summed E-state index contributed by atoms with van der Waals surface area (Å²) < 4.78 is 0. The zero-order valence-electron chi connectivity index (χ0n) is 31.4. The van der Waals surface area contributed by atoms with Crippen molar-refractivity contribution in [3.63, 3.8) is 0 Å². The molecule has 2 heteroatoms. The fraction of sp³-hybridized carbons (Fsp3) is 0.148. The number of rotatable bonds is 6. The molecule has 0 bridgehead atoms. The van der Waals surface area contributed by atoms with Crippen molar-refractivity contribution in [2.45, 2.75) is 36.5 Å².